The van der Waals surface area contributed by atoms with Gasteiger partial charge in [0.1, 0.15) is 0 Å². The van der Waals surface area contributed by atoms with Crippen LogP contribution in [0.15, 0.2) is 52.2 Å². The zero-order chi connectivity index (χ0) is 17.0. The van der Waals surface area contributed by atoms with Crippen LogP contribution in [0.5, 0.6) is 0 Å². The molecule has 1 aromatic heterocycles. The van der Waals surface area contributed by atoms with Gasteiger partial charge >= 0.3 is 0 Å². The lowest BCUT2D eigenvalue weighted by Crippen LogP contribution is -2.39. The molecule has 0 aliphatic carbocycles. The summed E-state index contributed by atoms with van der Waals surface area (Å²) in [5.41, 5.74) is 2.29. The number of benzene rings is 1. The van der Waals surface area contributed by atoms with E-state index in [4.69, 9.17) is 0 Å². The summed E-state index contributed by atoms with van der Waals surface area (Å²) in [5, 5.41) is 13.4. The summed E-state index contributed by atoms with van der Waals surface area (Å²) in [4.78, 5) is 16.4. The first-order valence-corrected chi connectivity index (χ1v) is 9.06. The standard InChI is InChI=1S/C18H24N4OS/c1-2-19-18(22-13-16-9-11-24-14-16)20-10-8-17(23)21-12-15-6-4-3-5-7-15/h3-7,9,11,14H,2,8,10,12-13H2,1H3,(H,21,23)(H2,19,20,22). The SMILES string of the molecule is CCNC(=NCc1ccsc1)NCCC(=O)NCc1ccccc1. The van der Waals surface area contributed by atoms with Crippen molar-refractivity contribution in [3.8, 4) is 0 Å². The average Bonchev–Trinajstić information content (AvgIpc) is 3.12. The lowest BCUT2D eigenvalue weighted by molar-refractivity contribution is -0.121. The zero-order valence-corrected chi connectivity index (χ0v) is 14.7. The summed E-state index contributed by atoms with van der Waals surface area (Å²) in [6.07, 6.45) is 0.412. The molecule has 2 rings (SSSR count). The van der Waals surface area contributed by atoms with Crippen molar-refractivity contribution >= 4 is 23.2 Å². The van der Waals surface area contributed by atoms with Crippen LogP contribution in [0.4, 0.5) is 0 Å². The van der Waals surface area contributed by atoms with E-state index in [2.05, 4.69) is 32.4 Å². The van der Waals surface area contributed by atoms with Crippen LogP contribution in [0, 0.1) is 0 Å². The number of hydrogen-bond acceptors (Lipinski definition) is 3. The number of guanidine groups is 1. The number of carbonyl (C=O) groups excluding carboxylic acids is 1. The van der Waals surface area contributed by atoms with Crippen LogP contribution in [0.2, 0.25) is 0 Å². The van der Waals surface area contributed by atoms with Crippen molar-refractivity contribution in [3.63, 3.8) is 0 Å². The molecule has 0 saturated carbocycles. The van der Waals surface area contributed by atoms with Crippen molar-refractivity contribution in [2.45, 2.75) is 26.4 Å². The molecule has 1 aromatic carbocycles. The third-order valence-electron chi connectivity index (χ3n) is 3.32. The Bertz CT molecular complexity index is 626. The smallest absolute Gasteiger partial charge is 0.222 e. The lowest BCUT2D eigenvalue weighted by atomic mass is 10.2. The van der Waals surface area contributed by atoms with E-state index in [-0.39, 0.29) is 5.91 Å². The van der Waals surface area contributed by atoms with Gasteiger partial charge in [-0.1, -0.05) is 30.3 Å². The van der Waals surface area contributed by atoms with Gasteiger partial charge in [0, 0.05) is 26.1 Å². The maximum Gasteiger partial charge on any atom is 0.222 e. The van der Waals surface area contributed by atoms with Gasteiger partial charge in [-0.05, 0) is 34.9 Å². The maximum absolute atomic E-state index is 11.9. The molecule has 3 N–H and O–H groups in total. The van der Waals surface area contributed by atoms with Gasteiger partial charge in [-0.15, -0.1) is 0 Å². The van der Waals surface area contributed by atoms with Crippen LogP contribution in [0.25, 0.3) is 0 Å². The molecule has 0 fully saturated rings. The Morgan fingerprint density at radius 2 is 1.92 bits per heavy atom. The number of thiophene rings is 1. The van der Waals surface area contributed by atoms with Crippen molar-refractivity contribution in [1.29, 1.82) is 0 Å². The molecule has 1 amide bonds. The largest absolute Gasteiger partial charge is 0.357 e. The summed E-state index contributed by atoms with van der Waals surface area (Å²) in [6.45, 7) is 4.56. The highest BCUT2D eigenvalue weighted by Crippen LogP contribution is 2.06. The summed E-state index contributed by atoms with van der Waals surface area (Å²) in [6, 6.07) is 12.0. The fourth-order valence-corrected chi connectivity index (χ4v) is 2.73. The van der Waals surface area contributed by atoms with Crippen molar-refractivity contribution in [3.05, 3.63) is 58.3 Å². The molecular formula is C18H24N4OS. The zero-order valence-electron chi connectivity index (χ0n) is 13.9. The van der Waals surface area contributed by atoms with Gasteiger partial charge in [0.25, 0.3) is 0 Å². The first kappa shape index (κ1) is 18.0. The number of carbonyl (C=O) groups is 1. The molecule has 6 heteroatoms. The number of hydrogen-bond donors (Lipinski definition) is 3. The quantitative estimate of drug-likeness (QED) is 0.509. The van der Waals surface area contributed by atoms with Crippen LogP contribution in [0.1, 0.15) is 24.5 Å². The fraction of sp³-hybridized carbons (Fsp3) is 0.333. The van der Waals surface area contributed by atoms with Gasteiger partial charge in [-0.2, -0.15) is 11.3 Å². The number of rotatable bonds is 8. The number of aliphatic imine (C=N–C) groups is 1. The molecule has 128 valence electrons. The van der Waals surface area contributed by atoms with Gasteiger partial charge in [-0.25, -0.2) is 4.99 Å². The minimum absolute atomic E-state index is 0.0278. The highest BCUT2D eigenvalue weighted by atomic mass is 32.1. The third kappa shape index (κ3) is 6.83. The Morgan fingerprint density at radius 3 is 2.62 bits per heavy atom. The minimum atomic E-state index is 0.0278. The molecule has 0 spiro atoms. The number of nitrogens with zero attached hydrogens (tertiary/aromatic N) is 1. The van der Waals surface area contributed by atoms with E-state index in [1.807, 2.05) is 42.6 Å². The van der Waals surface area contributed by atoms with Crippen LogP contribution in [-0.2, 0) is 17.9 Å². The molecule has 0 atom stereocenters. The fourth-order valence-electron chi connectivity index (χ4n) is 2.07. The number of amides is 1. The van der Waals surface area contributed by atoms with Crippen molar-refractivity contribution < 1.29 is 4.79 Å². The first-order chi connectivity index (χ1) is 11.8. The Kier molecular flexibility index (Phi) is 7.83. The van der Waals surface area contributed by atoms with Crippen molar-refractivity contribution in [2.75, 3.05) is 13.1 Å². The Balaban J connectivity index is 1.69. The van der Waals surface area contributed by atoms with E-state index >= 15 is 0 Å². The molecule has 2 aromatic rings. The predicted molar refractivity (Wildman–Crippen MR) is 100 cm³/mol. The highest BCUT2D eigenvalue weighted by Gasteiger charge is 2.03. The molecule has 24 heavy (non-hydrogen) atoms. The molecule has 0 bridgehead atoms. The Hall–Kier alpha value is -2.34. The topological polar surface area (TPSA) is 65.5 Å². The second kappa shape index (κ2) is 10.4. The lowest BCUT2D eigenvalue weighted by Gasteiger charge is -2.11. The summed E-state index contributed by atoms with van der Waals surface area (Å²) >= 11 is 1.67. The highest BCUT2D eigenvalue weighted by molar-refractivity contribution is 7.07. The predicted octanol–water partition coefficient (Wildman–Crippen LogP) is 2.51. The van der Waals surface area contributed by atoms with E-state index in [0.29, 0.717) is 26.1 Å². The Labute approximate surface area is 147 Å². The van der Waals surface area contributed by atoms with Gasteiger partial charge in [0.15, 0.2) is 5.96 Å². The van der Waals surface area contributed by atoms with Crippen molar-refractivity contribution in [2.24, 2.45) is 4.99 Å². The summed E-state index contributed by atoms with van der Waals surface area (Å²) < 4.78 is 0. The van der Waals surface area contributed by atoms with Gasteiger partial charge in [0.2, 0.25) is 5.91 Å². The monoisotopic (exact) mass is 344 g/mol. The van der Waals surface area contributed by atoms with Crippen LogP contribution in [0.3, 0.4) is 0 Å². The van der Waals surface area contributed by atoms with Crippen LogP contribution in [-0.4, -0.2) is 25.0 Å². The molecule has 0 aliphatic heterocycles. The molecule has 0 aliphatic rings. The van der Waals surface area contributed by atoms with E-state index < -0.39 is 0 Å². The van der Waals surface area contributed by atoms with E-state index in [1.54, 1.807) is 11.3 Å². The Morgan fingerprint density at radius 1 is 1.08 bits per heavy atom. The number of nitrogens with one attached hydrogen (secondary N) is 3. The molecule has 0 radical (unpaired) electrons. The van der Waals surface area contributed by atoms with Crippen LogP contribution < -0.4 is 16.0 Å². The van der Waals surface area contributed by atoms with Crippen LogP contribution >= 0.6 is 11.3 Å². The molecule has 0 unspecified atom stereocenters. The molecule has 1 heterocycles. The normalized spacial score (nSPS) is 11.1. The molecular weight excluding hydrogens is 320 g/mol. The summed E-state index contributed by atoms with van der Waals surface area (Å²) in [7, 11) is 0. The van der Waals surface area contributed by atoms with Gasteiger partial charge in [0.05, 0.1) is 6.54 Å². The molecule has 0 saturated heterocycles. The second-order valence-electron chi connectivity index (χ2n) is 5.27. The van der Waals surface area contributed by atoms with E-state index in [9.17, 15) is 4.79 Å². The minimum Gasteiger partial charge on any atom is -0.357 e. The van der Waals surface area contributed by atoms with E-state index in [1.165, 1.54) is 5.56 Å². The average molecular weight is 344 g/mol. The van der Waals surface area contributed by atoms with Gasteiger partial charge in [-0.3, -0.25) is 4.79 Å². The maximum atomic E-state index is 11.9. The summed E-state index contributed by atoms with van der Waals surface area (Å²) in [5.74, 6) is 0.764. The molecule has 5 nitrogen and oxygen atoms in total. The first-order valence-electron chi connectivity index (χ1n) is 8.12. The van der Waals surface area contributed by atoms with Gasteiger partial charge < -0.3 is 16.0 Å². The third-order valence-corrected chi connectivity index (χ3v) is 4.05. The second-order valence-corrected chi connectivity index (χ2v) is 6.05. The van der Waals surface area contributed by atoms with E-state index in [0.717, 1.165) is 18.1 Å². The van der Waals surface area contributed by atoms with Crippen molar-refractivity contribution in [1.82, 2.24) is 16.0 Å².